The molecule has 110 valence electrons. The molecule has 0 atom stereocenters. The summed E-state index contributed by atoms with van der Waals surface area (Å²) in [5, 5.41) is 8.54. The van der Waals surface area contributed by atoms with Crippen LogP contribution < -0.4 is 4.72 Å². The van der Waals surface area contributed by atoms with E-state index in [-0.39, 0.29) is 17.1 Å². The topological polar surface area (TPSA) is 106 Å². The molecule has 0 aliphatic heterocycles. The predicted octanol–water partition coefficient (Wildman–Crippen LogP) is 0.627. The molecule has 1 aromatic heterocycles. The lowest BCUT2D eigenvalue weighted by Crippen LogP contribution is -2.49. The van der Waals surface area contributed by atoms with Gasteiger partial charge in [-0.15, -0.1) is 0 Å². The van der Waals surface area contributed by atoms with Crippen LogP contribution in [0.4, 0.5) is 0 Å². The highest BCUT2D eigenvalue weighted by Crippen LogP contribution is 2.34. The van der Waals surface area contributed by atoms with Gasteiger partial charge in [0.25, 0.3) is 10.0 Å². The van der Waals surface area contributed by atoms with Gasteiger partial charge < -0.3 is 9.84 Å². The first-order valence-corrected chi connectivity index (χ1v) is 7.61. The van der Waals surface area contributed by atoms with Gasteiger partial charge in [-0.25, -0.2) is 22.9 Å². The Hall–Kier alpha value is -1.51. The second-order valence-electron chi connectivity index (χ2n) is 4.76. The molecule has 1 saturated carbocycles. The first-order valence-electron chi connectivity index (χ1n) is 6.13. The highest BCUT2D eigenvalue weighted by atomic mass is 32.2. The van der Waals surface area contributed by atoms with E-state index in [2.05, 4.69) is 9.71 Å². The third-order valence-electron chi connectivity index (χ3n) is 3.54. The summed E-state index contributed by atoms with van der Waals surface area (Å²) in [4.78, 5) is 14.4. The molecule has 7 nitrogen and oxygen atoms in total. The molecule has 2 N–H and O–H groups in total. The van der Waals surface area contributed by atoms with Crippen LogP contribution in [0.1, 0.15) is 29.6 Å². The van der Waals surface area contributed by atoms with Gasteiger partial charge in [0.1, 0.15) is 0 Å². The van der Waals surface area contributed by atoms with Crippen molar-refractivity contribution < 1.29 is 23.1 Å². The van der Waals surface area contributed by atoms with Crippen molar-refractivity contribution in [3.8, 4) is 0 Å². The fourth-order valence-corrected chi connectivity index (χ4v) is 3.03. The summed E-state index contributed by atoms with van der Waals surface area (Å²) < 4.78 is 31.9. The smallest absolute Gasteiger partial charge is 0.337 e. The van der Waals surface area contributed by atoms with Crippen LogP contribution in [-0.2, 0) is 14.8 Å². The summed E-state index contributed by atoms with van der Waals surface area (Å²) in [6, 6.07) is 2.38. The monoisotopic (exact) mass is 300 g/mol. The fraction of sp³-hybridized carbons (Fsp3) is 0.500. The van der Waals surface area contributed by atoms with Crippen molar-refractivity contribution in [1.82, 2.24) is 9.71 Å². The van der Waals surface area contributed by atoms with Crippen molar-refractivity contribution in [2.45, 2.75) is 29.9 Å². The molecule has 1 aliphatic rings. The van der Waals surface area contributed by atoms with Gasteiger partial charge in [0, 0.05) is 19.9 Å². The van der Waals surface area contributed by atoms with Crippen LogP contribution in [0.3, 0.4) is 0 Å². The van der Waals surface area contributed by atoms with E-state index in [1.807, 2.05) is 0 Å². The minimum Gasteiger partial charge on any atom is -0.478 e. The number of nitrogens with one attached hydrogen (secondary N) is 1. The Kier molecular flexibility index (Phi) is 4.07. The molecule has 0 aromatic carbocycles. The molecular weight excluding hydrogens is 284 g/mol. The number of sulfonamides is 1. The molecule has 0 spiro atoms. The van der Waals surface area contributed by atoms with Gasteiger partial charge in [-0.1, -0.05) is 0 Å². The predicted molar refractivity (Wildman–Crippen MR) is 70.0 cm³/mol. The Morgan fingerprint density at radius 2 is 2.20 bits per heavy atom. The van der Waals surface area contributed by atoms with Gasteiger partial charge in [-0.05, 0) is 31.4 Å². The van der Waals surface area contributed by atoms with Crippen molar-refractivity contribution in [1.29, 1.82) is 0 Å². The average molecular weight is 300 g/mol. The number of aromatic carboxylic acids is 1. The van der Waals surface area contributed by atoms with Gasteiger partial charge in [0.05, 0.1) is 11.2 Å². The normalized spacial score (nSPS) is 17.4. The zero-order valence-corrected chi connectivity index (χ0v) is 11.8. The SMILES string of the molecule is COC1(CNS(=O)(=O)c2ccc(C(=O)O)cn2)CCC1. The maximum atomic E-state index is 12.0. The molecule has 1 fully saturated rings. The maximum absolute atomic E-state index is 12.0. The van der Waals surface area contributed by atoms with Crippen LogP contribution in [0.15, 0.2) is 23.4 Å². The largest absolute Gasteiger partial charge is 0.478 e. The van der Waals surface area contributed by atoms with Crippen molar-refractivity contribution in [2.75, 3.05) is 13.7 Å². The number of ether oxygens (including phenoxy) is 1. The van der Waals surface area contributed by atoms with Crippen LogP contribution in [0.5, 0.6) is 0 Å². The van der Waals surface area contributed by atoms with E-state index in [1.165, 1.54) is 12.1 Å². The van der Waals surface area contributed by atoms with E-state index in [4.69, 9.17) is 9.84 Å². The molecule has 1 aliphatic carbocycles. The van der Waals surface area contributed by atoms with Gasteiger partial charge in [-0.3, -0.25) is 0 Å². The summed E-state index contributed by atoms with van der Waals surface area (Å²) in [5.41, 5.74) is -0.482. The van der Waals surface area contributed by atoms with E-state index in [9.17, 15) is 13.2 Å². The second kappa shape index (κ2) is 5.47. The lowest BCUT2D eigenvalue weighted by Gasteiger charge is -2.40. The van der Waals surface area contributed by atoms with Crippen LogP contribution in [-0.4, -0.2) is 43.7 Å². The molecule has 1 aromatic rings. The highest BCUT2D eigenvalue weighted by molar-refractivity contribution is 7.89. The number of hydrogen-bond donors (Lipinski definition) is 2. The molecule has 1 heterocycles. The molecule has 20 heavy (non-hydrogen) atoms. The number of nitrogens with zero attached hydrogens (tertiary/aromatic N) is 1. The van der Waals surface area contributed by atoms with Crippen molar-refractivity contribution in [2.24, 2.45) is 0 Å². The number of aromatic nitrogens is 1. The zero-order chi connectivity index (χ0) is 14.8. The number of hydrogen-bond acceptors (Lipinski definition) is 5. The van der Waals surface area contributed by atoms with E-state index in [1.54, 1.807) is 7.11 Å². The molecule has 8 heteroatoms. The number of carboxylic acid groups (broad SMARTS) is 1. The molecular formula is C12H16N2O5S. The minimum atomic E-state index is -3.76. The van der Waals surface area contributed by atoms with Crippen molar-refractivity contribution >= 4 is 16.0 Å². The van der Waals surface area contributed by atoms with Gasteiger partial charge in [0.2, 0.25) is 0 Å². The van der Waals surface area contributed by atoms with E-state index in [0.717, 1.165) is 25.5 Å². The number of carbonyl (C=O) groups is 1. The van der Waals surface area contributed by atoms with Gasteiger partial charge in [-0.2, -0.15) is 0 Å². The standard InChI is InChI=1S/C12H16N2O5S/c1-19-12(5-2-6-12)8-14-20(17,18)10-4-3-9(7-13-10)11(15)16/h3-4,7,14H,2,5-6,8H2,1H3,(H,15,16). The Labute approximate surface area is 117 Å². The lowest BCUT2D eigenvalue weighted by atomic mass is 9.80. The van der Waals surface area contributed by atoms with Gasteiger partial charge >= 0.3 is 5.97 Å². The third kappa shape index (κ3) is 2.97. The summed E-state index contributed by atoms with van der Waals surface area (Å²) >= 11 is 0. The minimum absolute atomic E-state index is 0.0590. The van der Waals surface area contributed by atoms with Crippen molar-refractivity contribution in [3.05, 3.63) is 23.9 Å². The first-order chi connectivity index (χ1) is 9.38. The molecule has 0 saturated heterocycles. The van der Waals surface area contributed by atoms with E-state index < -0.39 is 21.6 Å². The van der Waals surface area contributed by atoms with E-state index >= 15 is 0 Å². The summed E-state index contributed by atoms with van der Waals surface area (Å²) in [6.07, 6.45) is 3.67. The van der Waals surface area contributed by atoms with Crippen LogP contribution >= 0.6 is 0 Å². The van der Waals surface area contributed by atoms with Crippen molar-refractivity contribution in [3.63, 3.8) is 0 Å². The lowest BCUT2D eigenvalue weighted by molar-refractivity contribution is -0.0659. The molecule has 0 amide bonds. The number of rotatable bonds is 6. The van der Waals surface area contributed by atoms with Crippen LogP contribution in [0, 0.1) is 0 Å². The zero-order valence-electron chi connectivity index (χ0n) is 11.0. The molecule has 0 bridgehead atoms. The molecule has 2 rings (SSSR count). The number of carboxylic acids is 1. The van der Waals surface area contributed by atoms with Crippen LogP contribution in [0.2, 0.25) is 0 Å². The average Bonchev–Trinajstić information content (AvgIpc) is 2.38. The first kappa shape index (κ1) is 14.9. The third-order valence-corrected chi connectivity index (χ3v) is 4.86. The number of pyridine rings is 1. The molecule has 0 radical (unpaired) electrons. The Morgan fingerprint density at radius 3 is 2.60 bits per heavy atom. The summed E-state index contributed by atoms with van der Waals surface area (Å²) in [7, 11) is -2.19. The fourth-order valence-electron chi connectivity index (χ4n) is 1.99. The Morgan fingerprint density at radius 1 is 1.50 bits per heavy atom. The Bertz CT molecular complexity index is 587. The number of methoxy groups -OCH3 is 1. The quantitative estimate of drug-likeness (QED) is 0.798. The Balaban J connectivity index is 2.08. The van der Waals surface area contributed by atoms with Gasteiger partial charge in [0.15, 0.2) is 5.03 Å². The molecule has 0 unspecified atom stereocenters. The second-order valence-corrected chi connectivity index (χ2v) is 6.47. The summed E-state index contributed by atoms with van der Waals surface area (Å²) in [5.74, 6) is -1.15. The van der Waals surface area contributed by atoms with E-state index in [0.29, 0.717) is 0 Å². The van der Waals surface area contributed by atoms with Crippen LogP contribution in [0.25, 0.3) is 0 Å². The maximum Gasteiger partial charge on any atom is 0.337 e. The highest BCUT2D eigenvalue weighted by Gasteiger charge is 2.38. The summed E-state index contributed by atoms with van der Waals surface area (Å²) in [6.45, 7) is 0.189.